The fourth-order valence-electron chi connectivity index (χ4n) is 3.92. The molecule has 0 amide bonds. The number of benzene rings is 2. The van der Waals surface area contributed by atoms with Gasteiger partial charge in [-0.2, -0.15) is 4.31 Å². The van der Waals surface area contributed by atoms with Crippen LogP contribution in [0.2, 0.25) is 0 Å². The number of nitrogens with one attached hydrogen (secondary N) is 2. The van der Waals surface area contributed by atoms with E-state index >= 15 is 0 Å². The molecule has 1 unspecified atom stereocenters. The summed E-state index contributed by atoms with van der Waals surface area (Å²) in [5.41, 5.74) is -0.0226. The van der Waals surface area contributed by atoms with Gasteiger partial charge in [-0.15, -0.1) is 0 Å². The molecular weight excluding hydrogens is 406 g/mol. The zero-order valence-corrected chi connectivity index (χ0v) is 17.4. The number of sulfonamides is 1. The first-order chi connectivity index (χ1) is 14.4. The summed E-state index contributed by atoms with van der Waals surface area (Å²) in [6.07, 6.45) is 3.41. The van der Waals surface area contributed by atoms with E-state index in [1.54, 1.807) is 11.4 Å². The number of aromatic amines is 2. The Morgan fingerprint density at radius 3 is 2.33 bits per heavy atom. The van der Waals surface area contributed by atoms with E-state index in [2.05, 4.69) is 9.97 Å². The SMILES string of the molecule is COc1ccc(C2CCCCCN2S(=O)(=O)c2ccc3[nH]c(=O)c(=O)[nH]c3c2)cc1. The summed E-state index contributed by atoms with van der Waals surface area (Å²) in [6, 6.07) is 11.6. The topological polar surface area (TPSA) is 112 Å². The summed E-state index contributed by atoms with van der Waals surface area (Å²) in [7, 11) is -2.23. The third-order valence-electron chi connectivity index (χ3n) is 5.50. The molecule has 2 N–H and O–H groups in total. The lowest BCUT2D eigenvalue weighted by Crippen LogP contribution is -2.35. The summed E-state index contributed by atoms with van der Waals surface area (Å²) in [5, 5.41) is 0. The molecule has 2 aromatic carbocycles. The third kappa shape index (κ3) is 3.78. The number of ether oxygens (including phenoxy) is 1. The van der Waals surface area contributed by atoms with Gasteiger partial charge >= 0.3 is 11.1 Å². The fraction of sp³-hybridized carbons (Fsp3) is 0.333. The largest absolute Gasteiger partial charge is 0.497 e. The van der Waals surface area contributed by atoms with E-state index in [0.717, 1.165) is 31.2 Å². The molecule has 158 valence electrons. The average molecular weight is 429 g/mol. The number of nitrogens with zero attached hydrogens (tertiary/aromatic N) is 1. The molecular formula is C21H23N3O5S. The Balaban J connectivity index is 1.77. The second-order valence-electron chi connectivity index (χ2n) is 7.37. The Kier molecular flexibility index (Phi) is 5.48. The summed E-state index contributed by atoms with van der Waals surface area (Å²) >= 11 is 0. The molecule has 3 aromatic rings. The van der Waals surface area contributed by atoms with Crippen molar-refractivity contribution < 1.29 is 13.2 Å². The number of H-pyrrole nitrogens is 2. The lowest BCUT2D eigenvalue weighted by atomic mass is 10.0. The maximum Gasteiger partial charge on any atom is 0.314 e. The quantitative estimate of drug-likeness (QED) is 0.619. The van der Waals surface area contributed by atoms with Crippen LogP contribution < -0.4 is 15.9 Å². The Morgan fingerprint density at radius 1 is 0.933 bits per heavy atom. The van der Waals surface area contributed by atoms with Crippen molar-refractivity contribution >= 4 is 21.1 Å². The van der Waals surface area contributed by atoms with Gasteiger partial charge in [-0.3, -0.25) is 9.59 Å². The predicted octanol–water partition coefficient (Wildman–Crippen LogP) is 2.53. The Labute approximate surface area is 173 Å². The van der Waals surface area contributed by atoms with E-state index in [-0.39, 0.29) is 16.5 Å². The molecule has 1 aromatic heterocycles. The van der Waals surface area contributed by atoms with Crippen molar-refractivity contribution in [3.63, 3.8) is 0 Å². The molecule has 1 saturated heterocycles. The van der Waals surface area contributed by atoms with Crippen LogP contribution in [0.4, 0.5) is 0 Å². The van der Waals surface area contributed by atoms with Crippen LogP contribution in [0, 0.1) is 0 Å². The molecule has 0 spiro atoms. The van der Waals surface area contributed by atoms with Gasteiger partial charge in [-0.25, -0.2) is 8.42 Å². The van der Waals surface area contributed by atoms with E-state index in [1.807, 2.05) is 24.3 Å². The molecule has 0 saturated carbocycles. The number of hydrogen-bond donors (Lipinski definition) is 2. The van der Waals surface area contributed by atoms with Crippen LogP contribution in [-0.4, -0.2) is 36.3 Å². The van der Waals surface area contributed by atoms with Gasteiger partial charge < -0.3 is 14.7 Å². The molecule has 1 aliphatic heterocycles. The normalized spacial score (nSPS) is 18.2. The molecule has 1 fully saturated rings. The first-order valence-electron chi connectivity index (χ1n) is 9.82. The van der Waals surface area contributed by atoms with Gasteiger partial charge in [-0.1, -0.05) is 25.0 Å². The number of hydrogen-bond acceptors (Lipinski definition) is 5. The van der Waals surface area contributed by atoms with Crippen LogP contribution in [0.1, 0.15) is 37.3 Å². The van der Waals surface area contributed by atoms with E-state index in [1.165, 1.54) is 18.2 Å². The van der Waals surface area contributed by atoms with Crippen molar-refractivity contribution in [1.82, 2.24) is 14.3 Å². The standard InChI is InChI=1S/C21H23N3O5S/c1-29-15-8-6-14(7-9-15)19-5-3-2-4-12-24(19)30(27,28)16-10-11-17-18(13-16)23-21(26)20(25)22-17/h6-11,13,19H,2-5,12H2,1H3,(H,22,25)(H,23,26). The van der Waals surface area contributed by atoms with E-state index in [0.29, 0.717) is 17.8 Å². The van der Waals surface area contributed by atoms with Gasteiger partial charge in [0.15, 0.2) is 0 Å². The van der Waals surface area contributed by atoms with Gasteiger partial charge in [0.25, 0.3) is 0 Å². The van der Waals surface area contributed by atoms with Crippen LogP contribution in [0.15, 0.2) is 56.9 Å². The van der Waals surface area contributed by atoms with Crippen LogP contribution in [0.5, 0.6) is 5.75 Å². The Bertz CT molecular complexity index is 1280. The molecule has 8 nitrogen and oxygen atoms in total. The molecule has 0 bridgehead atoms. The highest BCUT2D eigenvalue weighted by Crippen LogP contribution is 2.35. The van der Waals surface area contributed by atoms with Gasteiger partial charge in [0.1, 0.15) is 5.75 Å². The molecule has 30 heavy (non-hydrogen) atoms. The fourth-order valence-corrected chi connectivity index (χ4v) is 5.63. The summed E-state index contributed by atoms with van der Waals surface area (Å²) in [5.74, 6) is 0.717. The van der Waals surface area contributed by atoms with Crippen molar-refractivity contribution in [2.75, 3.05) is 13.7 Å². The zero-order valence-electron chi connectivity index (χ0n) is 16.6. The first kappa shape index (κ1) is 20.4. The van der Waals surface area contributed by atoms with Gasteiger partial charge in [0, 0.05) is 6.54 Å². The van der Waals surface area contributed by atoms with Crippen LogP contribution >= 0.6 is 0 Å². The molecule has 1 atom stereocenters. The molecule has 4 rings (SSSR count). The predicted molar refractivity (Wildman–Crippen MR) is 113 cm³/mol. The lowest BCUT2D eigenvalue weighted by molar-refractivity contribution is 0.328. The average Bonchev–Trinajstić information content (AvgIpc) is 3.01. The Hall–Kier alpha value is -2.91. The molecule has 2 heterocycles. The van der Waals surface area contributed by atoms with Gasteiger partial charge in [0.05, 0.1) is 29.1 Å². The highest BCUT2D eigenvalue weighted by Gasteiger charge is 2.33. The third-order valence-corrected chi connectivity index (χ3v) is 7.41. The van der Waals surface area contributed by atoms with E-state index in [4.69, 9.17) is 4.74 Å². The van der Waals surface area contributed by atoms with Crippen LogP contribution in [0.25, 0.3) is 11.0 Å². The van der Waals surface area contributed by atoms with Crippen LogP contribution in [0.3, 0.4) is 0 Å². The zero-order chi connectivity index (χ0) is 21.3. The molecule has 0 radical (unpaired) electrons. The highest BCUT2D eigenvalue weighted by atomic mass is 32.2. The maximum atomic E-state index is 13.6. The second kappa shape index (κ2) is 8.08. The van der Waals surface area contributed by atoms with Crippen molar-refractivity contribution in [2.24, 2.45) is 0 Å². The van der Waals surface area contributed by atoms with E-state index in [9.17, 15) is 18.0 Å². The molecule has 1 aliphatic rings. The van der Waals surface area contributed by atoms with Gasteiger partial charge in [0.2, 0.25) is 10.0 Å². The minimum atomic E-state index is -3.82. The summed E-state index contributed by atoms with van der Waals surface area (Å²) in [6.45, 7) is 0.416. The summed E-state index contributed by atoms with van der Waals surface area (Å²) < 4.78 is 33.9. The summed E-state index contributed by atoms with van der Waals surface area (Å²) in [4.78, 5) is 28.2. The minimum absolute atomic E-state index is 0.0816. The number of rotatable bonds is 4. The number of methoxy groups -OCH3 is 1. The minimum Gasteiger partial charge on any atom is -0.497 e. The van der Waals surface area contributed by atoms with Crippen molar-refractivity contribution in [3.05, 3.63) is 68.7 Å². The highest BCUT2D eigenvalue weighted by molar-refractivity contribution is 7.89. The van der Waals surface area contributed by atoms with Crippen LogP contribution in [-0.2, 0) is 10.0 Å². The lowest BCUT2D eigenvalue weighted by Gasteiger charge is -2.29. The van der Waals surface area contributed by atoms with Crippen molar-refractivity contribution in [1.29, 1.82) is 0 Å². The first-order valence-corrected chi connectivity index (χ1v) is 11.3. The molecule has 0 aliphatic carbocycles. The monoisotopic (exact) mass is 429 g/mol. The van der Waals surface area contributed by atoms with Crippen molar-refractivity contribution in [2.45, 2.75) is 36.6 Å². The Morgan fingerprint density at radius 2 is 1.63 bits per heavy atom. The number of aromatic nitrogens is 2. The number of fused-ring (bicyclic) bond motifs is 1. The smallest absolute Gasteiger partial charge is 0.314 e. The maximum absolute atomic E-state index is 13.6. The second-order valence-corrected chi connectivity index (χ2v) is 9.26. The van der Waals surface area contributed by atoms with Gasteiger partial charge in [-0.05, 0) is 48.7 Å². The van der Waals surface area contributed by atoms with Crippen molar-refractivity contribution in [3.8, 4) is 5.75 Å². The van der Waals surface area contributed by atoms with E-state index < -0.39 is 21.1 Å². The molecule has 9 heteroatoms.